The standard InChI is InChI=1S/C19H24N4O5S/c1-14-4-6-16(23(24)25)13-19(14)29(26,27)20-15-5-7-18(28-3)17(12-15)22-10-8-21(2)9-11-22/h4-7,12-13,20H,8-11H2,1-3H3. The van der Waals surface area contributed by atoms with Crippen LogP contribution in [0.1, 0.15) is 5.56 Å². The molecule has 3 rings (SSSR count). The molecule has 0 unspecified atom stereocenters. The van der Waals surface area contributed by atoms with Crippen molar-refractivity contribution in [2.75, 3.05) is 50.0 Å². The van der Waals surface area contributed by atoms with Gasteiger partial charge in [0.2, 0.25) is 0 Å². The van der Waals surface area contributed by atoms with Crippen LogP contribution in [0.2, 0.25) is 0 Å². The van der Waals surface area contributed by atoms with E-state index in [9.17, 15) is 18.5 Å². The SMILES string of the molecule is COc1ccc(NS(=O)(=O)c2cc([N+](=O)[O-])ccc2C)cc1N1CCN(C)CC1. The lowest BCUT2D eigenvalue weighted by Gasteiger charge is -2.35. The van der Waals surface area contributed by atoms with Crippen molar-refractivity contribution in [3.8, 4) is 5.75 Å². The first-order valence-corrected chi connectivity index (χ1v) is 10.6. The van der Waals surface area contributed by atoms with E-state index in [4.69, 9.17) is 4.74 Å². The Morgan fingerprint density at radius 2 is 1.79 bits per heavy atom. The van der Waals surface area contributed by atoms with Gasteiger partial charge in [-0.05, 0) is 37.7 Å². The third-order valence-corrected chi connectivity index (χ3v) is 6.47. The first-order chi connectivity index (χ1) is 13.7. The summed E-state index contributed by atoms with van der Waals surface area (Å²) in [5, 5.41) is 11.0. The van der Waals surface area contributed by atoms with E-state index < -0.39 is 14.9 Å². The van der Waals surface area contributed by atoms with E-state index in [0.717, 1.165) is 37.9 Å². The van der Waals surface area contributed by atoms with E-state index >= 15 is 0 Å². The molecule has 1 aliphatic heterocycles. The number of methoxy groups -OCH3 is 1. The fourth-order valence-corrected chi connectivity index (χ4v) is 4.56. The van der Waals surface area contributed by atoms with Crippen molar-refractivity contribution in [3.05, 3.63) is 52.1 Å². The van der Waals surface area contributed by atoms with Gasteiger partial charge in [0.25, 0.3) is 15.7 Å². The number of hydrogen-bond donors (Lipinski definition) is 1. The van der Waals surface area contributed by atoms with E-state index in [-0.39, 0.29) is 10.6 Å². The number of nitro groups is 1. The molecule has 0 amide bonds. The van der Waals surface area contributed by atoms with E-state index in [2.05, 4.69) is 21.6 Å². The second kappa shape index (κ2) is 8.26. The summed E-state index contributed by atoms with van der Waals surface area (Å²) in [7, 11) is -0.367. The Kier molecular flexibility index (Phi) is 5.94. The van der Waals surface area contributed by atoms with Crippen molar-refractivity contribution in [2.24, 2.45) is 0 Å². The summed E-state index contributed by atoms with van der Waals surface area (Å²) in [6.07, 6.45) is 0. The van der Waals surface area contributed by atoms with Gasteiger partial charge in [0.15, 0.2) is 0 Å². The molecule has 1 saturated heterocycles. The summed E-state index contributed by atoms with van der Waals surface area (Å²) in [4.78, 5) is 14.7. The predicted molar refractivity (Wildman–Crippen MR) is 111 cm³/mol. The smallest absolute Gasteiger partial charge is 0.270 e. The summed E-state index contributed by atoms with van der Waals surface area (Å²) in [6.45, 7) is 4.99. The van der Waals surface area contributed by atoms with Crippen LogP contribution in [0.25, 0.3) is 0 Å². The van der Waals surface area contributed by atoms with Crippen LogP contribution in [0.15, 0.2) is 41.3 Å². The van der Waals surface area contributed by atoms with Crippen LogP contribution in [0, 0.1) is 17.0 Å². The van der Waals surface area contributed by atoms with Crippen LogP contribution in [0.4, 0.5) is 17.1 Å². The number of aryl methyl sites for hydroxylation is 1. The van der Waals surface area contributed by atoms with E-state index in [1.165, 1.54) is 12.1 Å². The lowest BCUT2D eigenvalue weighted by Crippen LogP contribution is -2.44. The molecule has 0 aromatic heterocycles. The second-order valence-corrected chi connectivity index (χ2v) is 8.64. The number of benzene rings is 2. The molecule has 0 atom stereocenters. The van der Waals surface area contributed by atoms with Crippen LogP contribution < -0.4 is 14.4 Å². The van der Waals surface area contributed by atoms with Gasteiger partial charge in [-0.3, -0.25) is 14.8 Å². The summed E-state index contributed by atoms with van der Waals surface area (Å²) in [5.41, 5.74) is 1.32. The third-order valence-electron chi connectivity index (χ3n) is 4.95. The van der Waals surface area contributed by atoms with Gasteiger partial charge in [0.1, 0.15) is 5.75 Å². The minimum Gasteiger partial charge on any atom is -0.495 e. The second-order valence-electron chi connectivity index (χ2n) is 6.99. The number of likely N-dealkylation sites (N-methyl/N-ethyl adjacent to an activating group) is 1. The lowest BCUT2D eigenvalue weighted by molar-refractivity contribution is -0.385. The highest BCUT2D eigenvalue weighted by molar-refractivity contribution is 7.92. The number of nitro benzene ring substituents is 1. The molecule has 2 aromatic rings. The Morgan fingerprint density at radius 1 is 1.10 bits per heavy atom. The Labute approximate surface area is 170 Å². The van der Waals surface area contributed by atoms with Gasteiger partial charge in [0, 0.05) is 38.3 Å². The first-order valence-electron chi connectivity index (χ1n) is 9.10. The van der Waals surface area contributed by atoms with Crippen LogP contribution in [0.5, 0.6) is 5.75 Å². The lowest BCUT2D eigenvalue weighted by atomic mass is 10.2. The molecular formula is C19H24N4O5S. The maximum absolute atomic E-state index is 12.9. The summed E-state index contributed by atoms with van der Waals surface area (Å²) in [6, 6.07) is 8.84. The quantitative estimate of drug-likeness (QED) is 0.565. The molecule has 10 heteroatoms. The van der Waals surface area contributed by atoms with Gasteiger partial charge in [-0.1, -0.05) is 6.07 Å². The minimum atomic E-state index is -4.00. The fraction of sp³-hybridized carbons (Fsp3) is 0.368. The van der Waals surface area contributed by atoms with Crippen molar-refractivity contribution < 1.29 is 18.1 Å². The molecule has 0 radical (unpaired) electrons. The van der Waals surface area contributed by atoms with Gasteiger partial charge in [-0.2, -0.15) is 0 Å². The van der Waals surface area contributed by atoms with Crippen LogP contribution >= 0.6 is 0 Å². The normalized spacial score (nSPS) is 15.2. The zero-order valence-electron chi connectivity index (χ0n) is 16.6. The first kappa shape index (κ1) is 20.9. The molecule has 1 fully saturated rings. The molecule has 29 heavy (non-hydrogen) atoms. The van der Waals surface area contributed by atoms with Crippen LogP contribution in [-0.4, -0.2) is 58.6 Å². The number of nitrogens with one attached hydrogen (secondary N) is 1. The van der Waals surface area contributed by atoms with E-state index in [1.54, 1.807) is 32.2 Å². The summed E-state index contributed by atoms with van der Waals surface area (Å²) < 4.78 is 33.8. The molecule has 0 spiro atoms. The average molecular weight is 420 g/mol. The molecular weight excluding hydrogens is 396 g/mol. The number of rotatable bonds is 6. The molecule has 0 bridgehead atoms. The van der Waals surface area contributed by atoms with Gasteiger partial charge >= 0.3 is 0 Å². The Balaban J connectivity index is 1.92. The highest BCUT2D eigenvalue weighted by Crippen LogP contribution is 2.33. The molecule has 1 N–H and O–H groups in total. The Hall–Kier alpha value is -2.85. The van der Waals surface area contributed by atoms with Crippen LogP contribution in [-0.2, 0) is 10.0 Å². The summed E-state index contributed by atoms with van der Waals surface area (Å²) >= 11 is 0. The number of nitrogens with zero attached hydrogens (tertiary/aromatic N) is 3. The van der Waals surface area contributed by atoms with Gasteiger partial charge in [-0.15, -0.1) is 0 Å². The number of non-ortho nitro benzene ring substituents is 1. The maximum Gasteiger partial charge on any atom is 0.270 e. The van der Waals surface area contributed by atoms with Crippen molar-refractivity contribution in [1.82, 2.24) is 4.90 Å². The summed E-state index contributed by atoms with van der Waals surface area (Å²) in [5.74, 6) is 0.657. The molecule has 0 aliphatic carbocycles. The maximum atomic E-state index is 12.9. The molecule has 1 heterocycles. The number of hydrogen-bond acceptors (Lipinski definition) is 7. The van der Waals surface area contributed by atoms with E-state index in [1.807, 2.05) is 0 Å². The molecule has 2 aromatic carbocycles. The molecule has 9 nitrogen and oxygen atoms in total. The van der Waals surface area contributed by atoms with Gasteiger partial charge < -0.3 is 14.5 Å². The minimum absolute atomic E-state index is 0.122. The third kappa shape index (κ3) is 4.60. The zero-order valence-corrected chi connectivity index (χ0v) is 17.4. The highest BCUT2D eigenvalue weighted by Gasteiger charge is 2.23. The Morgan fingerprint density at radius 3 is 2.41 bits per heavy atom. The fourth-order valence-electron chi connectivity index (χ4n) is 3.25. The van der Waals surface area contributed by atoms with Crippen molar-refractivity contribution in [3.63, 3.8) is 0 Å². The molecule has 156 valence electrons. The number of anilines is 2. The van der Waals surface area contributed by atoms with Crippen molar-refractivity contribution >= 4 is 27.1 Å². The average Bonchev–Trinajstić information content (AvgIpc) is 2.68. The number of piperazine rings is 1. The monoisotopic (exact) mass is 420 g/mol. The van der Waals surface area contributed by atoms with Crippen molar-refractivity contribution in [2.45, 2.75) is 11.8 Å². The number of sulfonamides is 1. The van der Waals surface area contributed by atoms with Crippen LogP contribution in [0.3, 0.4) is 0 Å². The van der Waals surface area contributed by atoms with E-state index in [0.29, 0.717) is 17.0 Å². The zero-order chi connectivity index (χ0) is 21.2. The van der Waals surface area contributed by atoms with Crippen molar-refractivity contribution in [1.29, 1.82) is 0 Å². The largest absolute Gasteiger partial charge is 0.495 e. The number of ether oxygens (including phenoxy) is 1. The Bertz CT molecular complexity index is 1020. The topological polar surface area (TPSA) is 105 Å². The van der Waals surface area contributed by atoms with Gasteiger partial charge in [-0.25, -0.2) is 8.42 Å². The molecule has 0 saturated carbocycles. The molecule has 1 aliphatic rings. The highest BCUT2D eigenvalue weighted by atomic mass is 32.2. The van der Waals surface area contributed by atoms with Gasteiger partial charge in [0.05, 0.1) is 28.3 Å². The predicted octanol–water partition coefficient (Wildman–Crippen LogP) is 2.46.